The van der Waals surface area contributed by atoms with Crippen LogP contribution < -0.4 is 10.6 Å². The van der Waals surface area contributed by atoms with E-state index >= 15 is 0 Å². The van der Waals surface area contributed by atoms with Crippen molar-refractivity contribution >= 4 is 17.6 Å². The fraction of sp³-hybridized carbons (Fsp3) is 0.500. The minimum atomic E-state index is -0.315. The highest BCUT2D eigenvalue weighted by Gasteiger charge is 2.24. The number of para-hydroxylation sites is 1. The van der Waals surface area contributed by atoms with Gasteiger partial charge in [-0.25, -0.2) is 4.79 Å². The average molecular weight is 328 g/mol. The standard InChI is InChI=1S/C18H24N4O2/c1-13(2)11-17(23)22-9-7-15(8-10-22)20-18(24)21-16-6-4-3-5-14(16)12-19/h3-6,13,15H,7-11H2,1-2H3,(H2,20,21,24). The zero-order valence-corrected chi connectivity index (χ0v) is 14.2. The molecule has 0 aliphatic carbocycles. The van der Waals surface area contributed by atoms with Crippen LogP contribution in [-0.4, -0.2) is 36.0 Å². The molecule has 128 valence electrons. The number of carbonyl (C=O) groups is 2. The van der Waals surface area contributed by atoms with E-state index in [-0.39, 0.29) is 18.0 Å². The van der Waals surface area contributed by atoms with Gasteiger partial charge in [0.2, 0.25) is 5.91 Å². The second-order valence-electron chi connectivity index (χ2n) is 6.51. The van der Waals surface area contributed by atoms with Gasteiger partial charge in [-0.1, -0.05) is 26.0 Å². The maximum Gasteiger partial charge on any atom is 0.319 e. The van der Waals surface area contributed by atoms with Gasteiger partial charge in [0.05, 0.1) is 11.3 Å². The molecule has 2 N–H and O–H groups in total. The maximum absolute atomic E-state index is 12.1. The summed E-state index contributed by atoms with van der Waals surface area (Å²) in [5.74, 6) is 0.551. The van der Waals surface area contributed by atoms with E-state index in [2.05, 4.69) is 16.7 Å². The van der Waals surface area contributed by atoms with Gasteiger partial charge in [-0.05, 0) is 30.9 Å². The van der Waals surface area contributed by atoms with Gasteiger partial charge in [0.25, 0.3) is 0 Å². The Morgan fingerprint density at radius 1 is 1.29 bits per heavy atom. The van der Waals surface area contributed by atoms with Crippen LogP contribution in [-0.2, 0) is 4.79 Å². The van der Waals surface area contributed by atoms with Crippen molar-refractivity contribution in [3.05, 3.63) is 29.8 Å². The summed E-state index contributed by atoms with van der Waals surface area (Å²) in [5.41, 5.74) is 0.934. The molecule has 0 aromatic heterocycles. The van der Waals surface area contributed by atoms with Gasteiger partial charge >= 0.3 is 6.03 Å². The highest BCUT2D eigenvalue weighted by atomic mass is 16.2. The van der Waals surface area contributed by atoms with Crippen molar-refractivity contribution in [3.8, 4) is 6.07 Å². The first-order valence-corrected chi connectivity index (χ1v) is 8.34. The molecule has 1 aliphatic rings. The van der Waals surface area contributed by atoms with Crippen LogP contribution in [0.5, 0.6) is 0 Å². The lowest BCUT2D eigenvalue weighted by molar-refractivity contribution is -0.133. The molecule has 6 heteroatoms. The highest BCUT2D eigenvalue weighted by Crippen LogP contribution is 2.15. The summed E-state index contributed by atoms with van der Waals surface area (Å²) < 4.78 is 0. The van der Waals surface area contributed by atoms with Gasteiger partial charge in [-0.3, -0.25) is 4.79 Å². The summed E-state index contributed by atoms with van der Waals surface area (Å²) in [5, 5.41) is 14.7. The van der Waals surface area contributed by atoms with E-state index in [1.54, 1.807) is 24.3 Å². The summed E-state index contributed by atoms with van der Waals surface area (Å²) in [6.07, 6.45) is 2.07. The van der Waals surface area contributed by atoms with Gasteiger partial charge in [-0.2, -0.15) is 5.26 Å². The number of anilines is 1. The molecule has 0 saturated carbocycles. The number of piperidine rings is 1. The van der Waals surface area contributed by atoms with Crippen LogP contribution in [0.2, 0.25) is 0 Å². The van der Waals surface area contributed by atoms with Crippen LogP contribution in [0.3, 0.4) is 0 Å². The van der Waals surface area contributed by atoms with Crippen molar-refractivity contribution in [3.63, 3.8) is 0 Å². The molecule has 3 amide bonds. The van der Waals surface area contributed by atoms with Crippen LogP contribution in [0.1, 0.15) is 38.7 Å². The number of benzene rings is 1. The largest absolute Gasteiger partial charge is 0.343 e. The van der Waals surface area contributed by atoms with Crippen molar-refractivity contribution in [2.24, 2.45) is 5.92 Å². The van der Waals surface area contributed by atoms with E-state index in [1.807, 2.05) is 18.7 Å². The lowest BCUT2D eigenvalue weighted by Crippen LogP contribution is -2.47. The average Bonchev–Trinajstić information content (AvgIpc) is 2.55. The third-order valence-corrected chi connectivity index (χ3v) is 4.06. The summed E-state index contributed by atoms with van der Waals surface area (Å²) >= 11 is 0. The Bertz CT molecular complexity index is 628. The number of likely N-dealkylation sites (tertiary alicyclic amines) is 1. The van der Waals surface area contributed by atoms with E-state index in [9.17, 15) is 9.59 Å². The Kier molecular flexibility index (Phi) is 6.19. The Balaban J connectivity index is 1.80. The first kappa shape index (κ1) is 17.8. The lowest BCUT2D eigenvalue weighted by atomic mass is 10.0. The van der Waals surface area contributed by atoms with Crippen molar-refractivity contribution in [1.82, 2.24) is 10.2 Å². The summed E-state index contributed by atoms with van der Waals surface area (Å²) in [7, 11) is 0. The van der Waals surface area contributed by atoms with Gasteiger partial charge in [0, 0.05) is 25.6 Å². The number of carbonyl (C=O) groups excluding carboxylic acids is 2. The van der Waals surface area contributed by atoms with E-state index < -0.39 is 0 Å². The fourth-order valence-corrected chi connectivity index (χ4v) is 2.78. The molecule has 0 bridgehead atoms. The van der Waals surface area contributed by atoms with E-state index in [1.165, 1.54) is 0 Å². The van der Waals surface area contributed by atoms with Crippen LogP contribution in [0.15, 0.2) is 24.3 Å². The number of hydrogen-bond acceptors (Lipinski definition) is 3. The first-order chi connectivity index (χ1) is 11.5. The molecule has 24 heavy (non-hydrogen) atoms. The molecule has 1 aromatic rings. The molecule has 1 heterocycles. The van der Waals surface area contributed by atoms with Crippen LogP contribution >= 0.6 is 0 Å². The van der Waals surface area contributed by atoms with Crippen molar-refractivity contribution < 1.29 is 9.59 Å². The zero-order valence-electron chi connectivity index (χ0n) is 14.2. The van der Waals surface area contributed by atoms with E-state index in [0.717, 1.165) is 12.8 Å². The summed E-state index contributed by atoms with van der Waals surface area (Å²) in [6.45, 7) is 5.42. The molecule has 1 saturated heterocycles. The first-order valence-electron chi connectivity index (χ1n) is 8.34. The van der Waals surface area contributed by atoms with Crippen molar-refractivity contribution in [1.29, 1.82) is 5.26 Å². The topological polar surface area (TPSA) is 85.2 Å². The number of nitrogens with one attached hydrogen (secondary N) is 2. The predicted octanol–water partition coefficient (Wildman–Crippen LogP) is 2.72. The Hall–Kier alpha value is -2.55. The molecule has 6 nitrogen and oxygen atoms in total. The number of nitrogens with zero attached hydrogens (tertiary/aromatic N) is 2. The number of nitriles is 1. The molecule has 1 aromatic carbocycles. The van der Waals surface area contributed by atoms with Gasteiger partial charge in [0.1, 0.15) is 6.07 Å². The minimum absolute atomic E-state index is 0.0438. The van der Waals surface area contributed by atoms with E-state index in [4.69, 9.17) is 5.26 Å². The molecule has 0 spiro atoms. The molecule has 1 fully saturated rings. The molecule has 0 radical (unpaired) electrons. The van der Waals surface area contributed by atoms with E-state index in [0.29, 0.717) is 36.7 Å². The molecule has 2 rings (SSSR count). The monoisotopic (exact) mass is 328 g/mol. The second kappa shape index (κ2) is 8.34. The van der Waals surface area contributed by atoms with Gasteiger partial charge in [-0.15, -0.1) is 0 Å². The van der Waals surface area contributed by atoms with Gasteiger partial charge < -0.3 is 15.5 Å². The molecule has 0 atom stereocenters. The maximum atomic E-state index is 12.1. The molecule has 1 aliphatic heterocycles. The smallest absolute Gasteiger partial charge is 0.319 e. The number of hydrogen-bond donors (Lipinski definition) is 2. The Morgan fingerprint density at radius 3 is 2.58 bits per heavy atom. The number of rotatable bonds is 4. The zero-order chi connectivity index (χ0) is 17.5. The third-order valence-electron chi connectivity index (χ3n) is 4.06. The quantitative estimate of drug-likeness (QED) is 0.891. The normalized spacial score (nSPS) is 15.0. The fourth-order valence-electron chi connectivity index (χ4n) is 2.78. The molecular weight excluding hydrogens is 304 g/mol. The van der Waals surface area contributed by atoms with Crippen LogP contribution in [0, 0.1) is 17.2 Å². The molecular formula is C18H24N4O2. The number of amides is 3. The Labute approximate surface area is 142 Å². The molecule has 0 unspecified atom stereocenters. The SMILES string of the molecule is CC(C)CC(=O)N1CCC(NC(=O)Nc2ccccc2C#N)CC1. The summed E-state index contributed by atoms with van der Waals surface area (Å²) in [6, 6.07) is 8.67. The Morgan fingerprint density at radius 2 is 1.96 bits per heavy atom. The lowest BCUT2D eigenvalue weighted by Gasteiger charge is -2.32. The highest BCUT2D eigenvalue weighted by molar-refractivity contribution is 5.90. The minimum Gasteiger partial charge on any atom is -0.343 e. The summed E-state index contributed by atoms with van der Waals surface area (Å²) in [4.78, 5) is 26.0. The predicted molar refractivity (Wildman–Crippen MR) is 92.4 cm³/mol. The van der Waals surface area contributed by atoms with Gasteiger partial charge in [0.15, 0.2) is 0 Å². The van der Waals surface area contributed by atoms with Crippen molar-refractivity contribution in [2.45, 2.75) is 39.2 Å². The van der Waals surface area contributed by atoms with Crippen molar-refractivity contribution in [2.75, 3.05) is 18.4 Å². The number of urea groups is 1. The second-order valence-corrected chi connectivity index (χ2v) is 6.51. The third kappa shape index (κ3) is 4.98. The van der Waals surface area contributed by atoms with Crippen LogP contribution in [0.4, 0.5) is 10.5 Å². The van der Waals surface area contributed by atoms with Crippen LogP contribution in [0.25, 0.3) is 0 Å².